The Labute approximate surface area is 277 Å². The number of aromatic nitrogens is 1. The first-order valence-corrected chi connectivity index (χ1v) is 18.0. The molecule has 3 unspecified atom stereocenters. The van der Waals surface area contributed by atoms with Gasteiger partial charge in [0.15, 0.2) is 0 Å². The molecule has 8 heteroatoms. The number of nitrogens with one attached hydrogen (secondary N) is 1. The number of anilines is 1. The monoisotopic (exact) mass is 640 g/mol. The maximum Gasteiger partial charge on any atom is 0.270 e. The number of thiazole rings is 1. The van der Waals surface area contributed by atoms with Crippen LogP contribution in [0.5, 0.6) is 0 Å². The number of carbonyl (C=O) groups excluding carboxylic acids is 3. The summed E-state index contributed by atoms with van der Waals surface area (Å²) in [5.41, 5.74) is 8.13. The first-order chi connectivity index (χ1) is 21.2. The van der Waals surface area contributed by atoms with Crippen molar-refractivity contribution in [2.45, 2.75) is 144 Å². The summed E-state index contributed by atoms with van der Waals surface area (Å²) in [6, 6.07) is 7.73. The van der Waals surface area contributed by atoms with Gasteiger partial charge in [0, 0.05) is 48.5 Å². The molecule has 0 aliphatic heterocycles. The number of Topliss-reactive ketones (excluding diaryl/α,β-unsaturated/α-hetero) is 1. The van der Waals surface area contributed by atoms with Crippen LogP contribution >= 0.6 is 11.3 Å². The molecule has 7 nitrogen and oxygen atoms in total. The summed E-state index contributed by atoms with van der Waals surface area (Å²) < 4.78 is 0. The van der Waals surface area contributed by atoms with Gasteiger partial charge in [-0.05, 0) is 68.1 Å². The summed E-state index contributed by atoms with van der Waals surface area (Å²) in [7, 11) is 0. The normalized spacial score (nSPS) is 13.8. The molecule has 3 N–H and O–H groups in total. The van der Waals surface area contributed by atoms with Gasteiger partial charge in [0.25, 0.3) is 5.91 Å². The Morgan fingerprint density at radius 2 is 1.67 bits per heavy atom. The number of amides is 2. The molecule has 2 aromatic rings. The number of nitrogens with zero attached hydrogens (tertiary/aromatic N) is 2. The lowest BCUT2D eigenvalue weighted by Gasteiger charge is -2.37. The Morgan fingerprint density at radius 3 is 2.24 bits per heavy atom. The summed E-state index contributed by atoms with van der Waals surface area (Å²) in [5.74, 6) is 0.170. The molecular weight excluding hydrogens is 580 g/mol. The first kappa shape index (κ1) is 38.4. The maximum absolute atomic E-state index is 13.5. The van der Waals surface area contributed by atoms with Gasteiger partial charge in [-0.25, -0.2) is 4.98 Å². The van der Waals surface area contributed by atoms with Gasteiger partial charge in [-0.15, -0.1) is 11.3 Å². The van der Waals surface area contributed by atoms with Crippen molar-refractivity contribution in [2.24, 2.45) is 11.3 Å². The van der Waals surface area contributed by atoms with Crippen LogP contribution in [0.25, 0.3) is 0 Å². The highest BCUT2D eigenvalue weighted by atomic mass is 32.1. The molecule has 0 radical (unpaired) electrons. The number of unbranched alkanes of at least 4 members (excludes halogenated alkanes) is 4. The molecule has 252 valence electrons. The standard InChI is InChI=1S/C37H60N4O3S/c1-9-11-13-14-20-41(34(43)15-12-10-2)33(26(3)4)23-29(21-27(5)42)36-40-32(25-45-36)35(44)39-31(24-37(6,7)8)22-28-16-18-30(38)19-17-28/h16-19,25-26,29,31,33H,9-15,20-24,38H2,1-8H3,(H,39,44). The van der Waals surface area contributed by atoms with Crippen molar-refractivity contribution in [2.75, 3.05) is 12.3 Å². The predicted octanol–water partition coefficient (Wildman–Crippen LogP) is 8.58. The molecule has 0 bridgehead atoms. The molecule has 2 rings (SSSR count). The summed E-state index contributed by atoms with van der Waals surface area (Å²) in [5, 5.41) is 5.85. The van der Waals surface area contributed by atoms with E-state index in [4.69, 9.17) is 10.7 Å². The zero-order chi connectivity index (χ0) is 33.6. The molecule has 2 amide bonds. The number of ketones is 1. The van der Waals surface area contributed by atoms with E-state index in [-0.39, 0.29) is 46.9 Å². The van der Waals surface area contributed by atoms with Crippen molar-refractivity contribution >= 4 is 34.6 Å². The van der Waals surface area contributed by atoms with Gasteiger partial charge in [0.05, 0.1) is 5.01 Å². The number of nitrogens with two attached hydrogens (primary N) is 1. The molecule has 1 aromatic heterocycles. The minimum atomic E-state index is -0.198. The van der Waals surface area contributed by atoms with Gasteiger partial charge in [-0.1, -0.05) is 86.3 Å². The first-order valence-electron chi connectivity index (χ1n) is 17.1. The van der Waals surface area contributed by atoms with Crippen molar-refractivity contribution in [3.63, 3.8) is 0 Å². The van der Waals surface area contributed by atoms with Crippen LogP contribution in [0.3, 0.4) is 0 Å². The Bertz CT molecular complexity index is 1190. The van der Waals surface area contributed by atoms with Crippen molar-refractivity contribution < 1.29 is 14.4 Å². The third kappa shape index (κ3) is 14.1. The maximum atomic E-state index is 13.5. The Balaban J connectivity index is 2.29. The number of carbonyl (C=O) groups is 3. The molecule has 0 aliphatic rings. The molecule has 0 spiro atoms. The summed E-state index contributed by atoms with van der Waals surface area (Å²) in [4.78, 5) is 46.4. The van der Waals surface area contributed by atoms with Gasteiger partial charge in [0.1, 0.15) is 11.5 Å². The zero-order valence-electron chi connectivity index (χ0n) is 29.3. The third-order valence-electron chi connectivity index (χ3n) is 8.31. The van der Waals surface area contributed by atoms with E-state index < -0.39 is 0 Å². The van der Waals surface area contributed by atoms with Crippen LogP contribution in [0.4, 0.5) is 5.69 Å². The number of hydrogen-bond donors (Lipinski definition) is 2. The molecule has 0 saturated heterocycles. The summed E-state index contributed by atoms with van der Waals surface area (Å²) in [6.07, 6.45) is 9.32. The third-order valence-corrected chi connectivity index (χ3v) is 9.31. The summed E-state index contributed by atoms with van der Waals surface area (Å²) in [6.45, 7) is 17.5. The Morgan fingerprint density at radius 1 is 1.00 bits per heavy atom. The summed E-state index contributed by atoms with van der Waals surface area (Å²) >= 11 is 1.44. The SMILES string of the molecule is CCCCCCN(C(=O)CCCC)C(CC(CC(C)=O)c1nc(C(=O)NC(Cc2ccc(N)cc2)CC(C)(C)C)cs1)C(C)C. The number of nitrogen functional groups attached to an aromatic ring is 1. The van der Waals surface area contributed by atoms with Gasteiger partial charge < -0.3 is 20.7 Å². The van der Waals surface area contributed by atoms with E-state index in [1.165, 1.54) is 11.3 Å². The van der Waals surface area contributed by atoms with Crippen molar-refractivity contribution in [1.29, 1.82) is 0 Å². The van der Waals surface area contributed by atoms with E-state index in [9.17, 15) is 14.4 Å². The molecule has 0 fully saturated rings. The van der Waals surface area contributed by atoms with E-state index in [1.807, 2.05) is 29.6 Å². The van der Waals surface area contributed by atoms with Gasteiger partial charge in [-0.2, -0.15) is 0 Å². The molecule has 3 atom stereocenters. The highest BCUT2D eigenvalue weighted by Gasteiger charge is 2.31. The Kier molecular flexibility index (Phi) is 16.3. The number of rotatable bonds is 20. The van der Waals surface area contributed by atoms with Crippen LogP contribution in [0, 0.1) is 11.3 Å². The van der Waals surface area contributed by atoms with Crippen molar-refractivity contribution in [1.82, 2.24) is 15.2 Å². The van der Waals surface area contributed by atoms with Gasteiger partial charge in [0.2, 0.25) is 5.91 Å². The zero-order valence-corrected chi connectivity index (χ0v) is 30.1. The lowest BCUT2D eigenvalue weighted by molar-refractivity contribution is -0.135. The molecule has 0 aliphatic carbocycles. The molecule has 1 aromatic carbocycles. The van der Waals surface area contributed by atoms with Gasteiger partial charge >= 0.3 is 0 Å². The van der Waals surface area contributed by atoms with E-state index in [1.54, 1.807) is 6.92 Å². The quantitative estimate of drug-likeness (QED) is 0.111. The van der Waals surface area contributed by atoms with E-state index >= 15 is 0 Å². The second kappa shape index (κ2) is 19.0. The molecule has 0 saturated carbocycles. The van der Waals surface area contributed by atoms with E-state index in [0.29, 0.717) is 31.4 Å². The largest absolute Gasteiger partial charge is 0.399 e. The van der Waals surface area contributed by atoms with E-state index in [0.717, 1.165) is 67.7 Å². The van der Waals surface area contributed by atoms with Crippen LogP contribution in [0.15, 0.2) is 29.6 Å². The minimum Gasteiger partial charge on any atom is -0.399 e. The van der Waals surface area contributed by atoms with Crippen LogP contribution < -0.4 is 11.1 Å². The fourth-order valence-electron chi connectivity index (χ4n) is 6.02. The average molecular weight is 641 g/mol. The van der Waals surface area contributed by atoms with Crippen molar-refractivity contribution in [3.8, 4) is 0 Å². The Hall–Kier alpha value is -2.74. The van der Waals surface area contributed by atoms with Gasteiger partial charge in [-0.3, -0.25) is 9.59 Å². The van der Waals surface area contributed by atoms with E-state index in [2.05, 4.69) is 58.7 Å². The average Bonchev–Trinajstić information content (AvgIpc) is 3.45. The predicted molar refractivity (Wildman–Crippen MR) is 189 cm³/mol. The number of hydrogen-bond acceptors (Lipinski definition) is 6. The molecule has 45 heavy (non-hydrogen) atoms. The second-order valence-electron chi connectivity index (χ2n) is 14.4. The smallest absolute Gasteiger partial charge is 0.270 e. The fraction of sp³-hybridized carbons (Fsp3) is 0.676. The van der Waals surface area contributed by atoms with Crippen molar-refractivity contribution in [3.05, 3.63) is 45.9 Å². The lowest BCUT2D eigenvalue weighted by Crippen LogP contribution is -2.44. The fourth-order valence-corrected chi connectivity index (χ4v) is 6.93. The highest BCUT2D eigenvalue weighted by molar-refractivity contribution is 7.09. The van der Waals surface area contributed by atoms with Crippen LogP contribution in [0.1, 0.15) is 147 Å². The van der Waals surface area contributed by atoms with Crippen LogP contribution in [0.2, 0.25) is 0 Å². The molecule has 1 heterocycles. The highest BCUT2D eigenvalue weighted by Crippen LogP contribution is 2.33. The molecular formula is C37H60N4O3S. The lowest BCUT2D eigenvalue weighted by atomic mass is 9.85. The van der Waals surface area contributed by atoms with Crippen LogP contribution in [-0.4, -0.2) is 46.1 Å². The topological polar surface area (TPSA) is 105 Å². The second-order valence-corrected chi connectivity index (χ2v) is 15.2. The van der Waals surface area contributed by atoms with Crippen LogP contribution in [-0.2, 0) is 16.0 Å². The minimum absolute atomic E-state index is 0.00224. The number of benzene rings is 1.